The van der Waals surface area contributed by atoms with E-state index >= 15 is 0 Å². The third kappa shape index (κ3) is 4.01. The van der Waals surface area contributed by atoms with Gasteiger partial charge in [0.15, 0.2) is 11.9 Å². The molecule has 8 nitrogen and oxygen atoms in total. The normalized spacial score (nSPS) is 16.4. The summed E-state index contributed by atoms with van der Waals surface area (Å²) in [6.07, 6.45) is 0.0687. The molecule has 1 aliphatic rings. The predicted octanol–water partition coefficient (Wildman–Crippen LogP) is 3.28. The van der Waals surface area contributed by atoms with E-state index < -0.39 is 6.10 Å². The van der Waals surface area contributed by atoms with E-state index in [-0.39, 0.29) is 18.0 Å². The Morgan fingerprint density at radius 2 is 2.03 bits per heavy atom. The highest BCUT2D eigenvalue weighted by Gasteiger charge is 2.34. The van der Waals surface area contributed by atoms with E-state index in [2.05, 4.69) is 20.8 Å². The highest BCUT2D eigenvalue weighted by Crippen LogP contribution is 2.28. The fraction of sp³-hybridized carbons (Fsp3) is 0.286. The fourth-order valence-electron chi connectivity index (χ4n) is 3.36. The molecular formula is C21H23N5O3. The van der Waals surface area contributed by atoms with Gasteiger partial charge in [-0.05, 0) is 44.2 Å². The van der Waals surface area contributed by atoms with E-state index in [9.17, 15) is 9.59 Å². The molecule has 2 aromatic carbocycles. The van der Waals surface area contributed by atoms with Gasteiger partial charge in [-0.2, -0.15) is 5.10 Å². The lowest BCUT2D eigenvalue weighted by atomic mass is 10.2. The Morgan fingerprint density at radius 1 is 1.24 bits per heavy atom. The Hall–Kier alpha value is -3.55. The number of amides is 3. The minimum Gasteiger partial charge on any atom is -0.480 e. The Labute approximate surface area is 168 Å². The smallest absolute Gasteiger partial charge is 0.320 e. The van der Waals surface area contributed by atoms with Crippen molar-refractivity contribution < 1.29 is 14.3 Å². The van der Waals surface area contributed by atoms with E-state index in [1.54, 1.807) is 17.0 Å². The topological polar surface area (TPSA) is 99.3 Å². The Bertz CT molecular complexity index is 1030. The van der Waals surface area contributed by atoms with E-state index in [0.29, 0.717) is 29.9 Å². The maximum atomic E-state index is 12.8. The number of carbonyl (C=O) groups excluding carboxylic acids is 2. The van der Waals surface area contributed by atoms with Crippen molar-refractivity contribution in [3.8, 4) is 5.75 Å². The number of anilines is 2. The van der Waals surface area contributed by atoms with Crippen LogP contribution < -0.4 is 20.3 Å². The molecule has 3 N–H and O–H groups in total. The van der Waals surface area contributed by atoms with E-state index in [4.69, 9.17) is 4.74 Å². The summed E-state index contributed by atoms with van der Waals surface area (Å²) in [4.78, 5) is 26.5. The van der Waals surface area contributed by atoms with Gasteiger partial charge >= 0.3 is 6.03 Å². The number of hydrogen-bond donors (Lipinski definition) is 3. The molecule has 0 spiro atoms. The number of hydrogen-bond acceptors (Lipinski definition) is 4. The zero-order valence-corrected chi connectivity index (χ0v) is 16.3. The second-order valence-corrected chi connectivity index (χ2v) is 7.25. The third-order valence-corrected chi connectivity index (χ3v) is 4.69. The number of benzene rings is 2. The van der Waals surface area contributed by atoms with Crippen LogP contribution in [0, 0.1) is 0 Å². The van der Waals surface area contributed by atoms with Crippen LogP contribution in [0.5, 0.6) is 5.75 Å². The summed E-state index contributed by atoms with van der Waals surface area (Å²) in [5.41, 5.74) is 1.64. The SMILES string of the molecule is CC(C)NC(=O)Nc1n[nH]c2ccc(OC3CCN(c4ccccc4)C3=O)cc12. The number of nitrogens with zero attached hydrogens (tertiary/aromatic N) is 2. The molecule has 0 saturated carbocycles. The number of ether oxygens (including phenoxy) is 1. The first-order valence-corrected chi connectivity index (χ1v) is 9.60. The maximum Gasteiger partial charge on any atom is 0.320 e. The van der Waals surface area contributed by atoms with Crippen molar-refractivity contribution in [2.75, 3.05) is 16.8 Å². The number of aromatic nitrogens is 2. The van der Waals surface area contributed by atoms with Crippen LogP contribution in [0.4, 0.5) is 16.3 Å². The van der Waals surface area contributed by atoms with E-state index in [1.165, 1.54) is 0 Å². The molecular weight excluding hydrogens is 370 g/mol. The Morgan fingerprint density at radius 3 is 2.79 bits per heavy atom. The Kier molecular flexibility index (Phi) is 5.07. The van der Waals surface area contributed by atoms with Crippen molar-refractivity contribution in [2.45, 2.75) is 32.4 Å². The minimum absolute atomic E-state index is 0.0139. The lowest BCUT2D eigenvalue weighted by Gasteiger charge is -2.17. The number of aromatic amines is 1. The summed E-state index contributed by atoms with van der Waals surface area (Å²) in [5, 5.41) is 13.2. The maximum absolute atomic E-state index is 12.8. The van der Waals surface area contributed by atoms with E-state index in [1.807, 2.05) is 50.2 Å². The number of para-hydroxylation sites is 1. The summed E-state index contributed by atoms with van der Waals surface area (Å²) < 4.78 is 5.98. The molecule has 1 aromatic heterocycles. The Balaban J connectivity index is 1.49. The molecule has 29 heavy (non-hydrogen) atoms. The molecule has 3 amide bonds. The van der Waals surface area contributed by atoms with Crippen molar-refractivity contribution in [1.29, 1.82) is 0 Å². The highest BCUT2D eigenvalue weighted by atomic mass is 16.5. The molecule has 2 heterocycles. The van der Waals surface area contributed by atoms with Crippen LogP contribution in [-0.2, 0) is 4.79 Å². The van der Waals surface area contributed by atoms with Gasteiger partial charge in [0.1, 0.15) is 5.75 Å². The zero-order valence-electron chi connectivity index (χ0n) is 16.3. The van der Waals surface area contributed by atoms with Gasteiger partial charge in [-0.25, -0.2) is 4.79 Å². The van der Waals surface area contributed by atoms with Gasteiger partial charge in [0.2, 0.25) is 0 Å². The van der Waals surface area contributed by atoms with Crippen LogP contribution in [0.15, 0.2) is 48.5 Å². The molecule has 1 aliphatic heterocycles. The van der Waals surface area contributed by atoms with Crippen molar-refractivity contribution in [2.24, 2.45) is 0 Å². The van der Waals surface area contributed by atoms with Crippen LogP contribution in [0.3, 0.4) is 0 Å². The van der Waals surface area contributed by atoms with Gasteiger partial charge in [0.25, 0.3) is 5.91 Å². The average molecular weight is 393 g/mol. The number of nitrogens with one attached hydrogen (secondary N) is 3. The standard InChI is InChI=1S/C21H23N5O3/c1-13(2)22-21(28)23-19-16-12-15(8-9-17(16)24-25-19)29-18-10-11-26(20(18)27)14-6-4-3-5-7-14/h3-9,12-13,18H,10-11H2,1-2H3,(H3,22,23,24,25,28). The summed E-state index contributed by atoms with van der Waals surface area (Å²) in [6.45, 7) is 4.38. The van der Waals surface area contributed by atoms with Gasteiger partial charge in [-0.3, -0.25) is 15.2 Å². The largest absolute Gasteiger partial charge is 0.480 e. The minimum atomic E-state index is -0.541. The molecule has 8 heteroatoms. The second-order valence-electron chi connectivity index (χ2n) is 7.25. The number of rotatable bonds is 5. The van der Waals surface area contributed by atoms with Crippen molar-refractivity contribution in [3.05, 3.63) is 48.5 Å². The molecule has 1 unspecified atom stereocenters. The lowest BCUT2D eigenvalue weighted by molar-refractivity contribution is -0.122. The fourth-order valence-corrected chi connectivity index (χ4v) is 3.36. The number of urea groups is 1. The summed E-state index contributed by atoms with van der Waals surface area (Å²) in [7, 11) is 0. The van der Waals surface area contributed by atoms with Crippen LogP contribution >= 0.6 is 0 Å². The first kappa shape index (κ1) is 18.8. The van der Waals surface area contributed by atoms with Crippen LogP contribution in [-0.4, -0.2) is 40.8 Å². The molecule has 4 rings (SSSR count). The number of fused-ring (bicyclic) bond motifs is 1. The van der Waals surface area contributed by atoms with Crippen LogP contribution in [0.2, 0.25) is 0 Å². The first-order chi connectivity index (χ1) is 14.0. The third-order valence-electron chi connectivity index (χ3n) is 4.69. The average Bonchev–Trinajstić information content (AvgIpc) is 3.26. The molecule has 0 bridgehead atoms. The summed E-state index contributed by atoms with van der Waals surface area (Å²) in [6, 6.07) is 14.6. The molecule has 0 radical (unpaired) electrons. The molecule has 1 atom stereocenters. The predicted molar refractivity (Wildman–Crippen MR) is 111 cm³/mol. The number of carbonyl (C=O) groups is 2. The van der Waals surface area contributed by atoms with Gasteiger partial charge < -0.3 is 15.0 Å². The lowest BCUT2D eigenvalue weighted by Crippen LogP contribution is -2.34. The zero-order chi connectivity index (χ0) is 20.4. The molecule has 150 valence electrons. The van der Waals surface area contributed by atoms with Crippen molar-refractivity contribution >= 4 is 34.3 Å². The second kappa shape index (κ2) is 7.83. The summed E-state index contributed by atoms with van der Waals surface area (Å²) >= 11 is 0. The van der Waals surface area contributed by atoms with E-state index in [0.717, 1.165) is 11.2 Å². The number of H-pyrrole nitrogens is 1. The first-order valence-electron chi connectivity index (χ1n) is 9.60. The van der Waals surface area contributed by atoms with Gasteiger partial charge in [-0.1, -0.05) is 18.2 Å². The molecule has 1 saturated heterocycles. The van der Waals surface area contributed by atoms with Crippen molar-refractivity contribution in [1.82, 2.24) is 15.5 Å². The van der Waals surface area contributed by atoms with Gasteiger partial charge in [0, 0.05) is 30.1 Å². The summed E-state index contributed by atoms with van der Waals surface area (Å²) in [5.74, 6) is 0.907. The monoisotopic (exact) mass is 393 g/mol. The van der Waals surface area contributed by atoms with Crippen LogP contribution in [0.25, 0.3) is 10.9 Å². The van der Waals surface area contributed by atoms with Gasteiger partial charge in [-0.15, -0.1) is 0 Å². The van der Waals surface area contributed by atoms with Gasteiger partial charge in [0.05, 0.1) is 5.52 Å². The quantitative estimate of drug-likeness (QED) is 0.619. The van der Waals surface area contributed by atoms with Crippen molar-refractivity contribution in [3.63, 3.8) is 0 Å². The molecule has 0 aliphatic carbocycles. The molecule has 3 aromatic rings. The van der Waals surface area contributed by atoms with Crippen LogP contribution in [0.1, 0.15) is 20.3 Å². The molecule has 1 fully saturated rings. The highest BCUT2D eigenvalue weighted by molar-refractivity contribution is 6.00.